The fourth-order valence-electron chi connectivity index (χ4n) is 3.37. The first-order valence-corrected chi connectivity index (χ1v) is 10.8. The Morgan fingerprint density at radius 3 is 2.80 bits per heavy atom. The molecule has 3 heterocycles. The molecule has 0 saturated heterocycles. The molecule has 1 amide bonds. The smallest absolute Gasteiger partial charge is 0.281 e. The summed E-state index contributed by atoms with van der Waals surface area (Å²) < 4.78 is 19.0. The lowest BCUT2D eigenvalue weighted by Crippen LogP contribution is -2.25. The number of carbonyl (C=O) groups is 1. The molecule has 1 unspecified atom stereocenters. The van der Waals surface area contributed by atoms with Crippen LogP contribution in [-0.4, -0.2) is 38.4 Å². The molecule has 2 N–H and O–H groups in total. The molecule has 152 valence electrons. The number of hydrogen-bond acceptors (Lipinski definition) is 5. The maximum atomic E-state index is 12.2. The number of pyridine rings is 2. The molecule has 8 heteroatoms. The molecule has 3 aromatic heterocycles. The first-order valence-electron chi connectivity index (χ1n) is 9.24. The van der Waals surface area contributed by atoms with Crippen molar-refractivity contribution in [3.8, 4) is 17.0 Å². The number of amides is 1. The number of ether oxygens (including phenoxy) is 1. The number of benzene rings is 1. The topological polar surface area (TPSA) is 97.0 Å². The summed E-state index contributed by atoms with van der Waals surface area (Å²) in [6, 6.07) is 15.0. The van der Waals surface area contributed by atoms with Crippen molar-refractivity contribution in [2.75, 3.05) is 13.4 Å². The minimum atomic E-state index is -1.45. The maximum Gasteiger partial charge on any atom is 0.281 e. The van der Waals surface area contributed by atoms with Crippen LogP contribution < -0.4 is 9.46 Å². The third kappa shape index (κ3) is 4.08. The van der Waals surface area contributed by atoms with Crippen molar-refractivity contribution in [1.29, 1.82) is 0 Å². The lowest BCUT2D eigenvalue weighted by atomic mass is 10.0. The highest BCUT2D eigenvalue weighted by Crippen LogP contribution is 2.33. The second kappa shape index (κ2) is 8.46. The van der Waals surface area contributed by atoms with Gasteiger partial charge in [0, 0.05) is 53.3 Å². The van der Waals surface area contributed by atoms with Crippen molar-refractivity contribution in [3.63, 3.8) is 0 Å². The van der Waals surface area contributed by atoms with Gasteiger partial charge in [-0.2, -0.15) is 0 Å². The van der Waals surface area contributed by atoms with E-state index in [0.717, 1.165) is 39.2 Å². The third-order valence-electron chi connectivity index (χ3n) is 4.70. The van der Waals surface area contributed by atoms with E-state index in [0.29, 0.717) is 6.42 Å². The Labute approximate surface area is 176 Å². The molecule has 0 spiro atoms. The molecule has 0 aliphatic rings. The Morgan fingerprint density at radius 1 is 1.20 bits per heavy atom. The van der Waals surface area contributed by atoms with E-state index < -0.39 is 16.9 Å². The minimum Gasteiger partial charge on any atom is -0.497 e. The van der Waals surface area contributed by atoms with Crippen molar-refractivity contribution >= 4 is 27.8 Å². The average Bonchev–Trinajstić information content (AvgIpc) is 3.11. The summed E-state index contributed by atoms with van der Waals surface area (Å²) >= 11 is 0. The third-order valence-corrected chi connectivity index (χ3v) is 5.17. The quantitative estimate of drug-likeness (QED) is 0.499. The number of rotatable bonds is 6. The fourth-order valence-corrected chi connectivity index (χ4v) is 3.74. The summed E-state index contributed by atoms with van der Waals surface area (Å²) in [6.45, 7) is 0. The van der Waals surface area contributed by atoms with Gasteiger partial charge >= 0.3 is 0 Å². The van der Waals surface area contributed by atoms with Crippen LogP contribution in [-0.2, 0) is 17.4 Å². The molecule has 0 fully saturated rings. The van der Waals surface area contributed by atoms with Crippen molar-refractivity contribution in [2.45, 2.75) is 6.42 Å². The minimum absolute atomic E-state index is 0.229. The Kier molecular flexibility index (Phi) is 5.58. The van der Waals surface area contributed by atoms with Gasteiger partial charge in [-0.15, -0.1) is 0 Å². The zero-order valence-corrected chi connectivity index (χ0v) is 17.3. The molecule has 4 rings (SSSR count). The number of hydrogen-bond donors (Lipinski definition) is 2. The molecule has 0 aliphatic carbocycles. The largest absolute Gasteiger partial charge is 0.497 e. The van der Waals surface area contributed by atoms with Crippen LogP contribution in [0.25, 0.3) is 22.2 Å². The van der Waals surface area contributed by atoms with Gasteiger partial charge in [0.05, 0.1) is 12.8 Å². The van der Waals surface area contributed by atoms with Gasteiger partial charge in [-0.05, 0) is 42.0 Å². The highest BCUT2D eigenvalue weighted by molar-refractivity contribution is 7.82. The lowest BCUT2D eigenvalue weighted by molar-refractivity contribution is 0.0978. The first-order chi connectivity index (χ1) is 14.5. The number of nitrogens with zero attached hydrogens (tertiary/aromatic N) is 2. The molecule has 0 radical (unpaired) electrons. The second-order valence-corrected chi connectivity index (χ2v) is 7.82. The summed E-state index contributed by atoms with van der Waals surface area (Å²) in [6.07, 6.45) is 5.45. The van der Waals surface area contributed by atoms with Crippen molar-refractivity contribution < 1.29 is 13.7 Å². The van der Waals surface area contributed by atoms with Crippen LogP contribution in [0.1, 0.15) is 21.7 Å². The number of H-pyrrole nitrogens is 1. The van der Waals surface area contributed by atoms with Crippen LogP contribution in [0.15, 0.2) is 60.9 Å². The summed E-state index contributed by atoms with van der Waals surface area (Å²) in [7, 11) is 0.188. The Balaban J connectivity index is 1.78. The molecular formula is C22H20N4O3S. The van der Waals surface area contributed by atoms with Gasteiger partial charge in [-0.3, -0.25) is 14.5 Å². The van der Waals surface area contributed by atoms with E-state index >= 15 is 0 Å². The lowest BCUT2D eigenvalue weighted by Gasteiger charge is -2.07. The van der Waals surface area contributed by atoms with E-state index in [2.05, 4.69) is 19.7 Å². The number of aromatic nitrogens is 3. The van der Waals surface area contributed by atoms with E-state index in [4.69, 9.17) is 4.74 Å². The second-order valence-electron chi connectivity index (χ2n) is 6.71. The van der Waals surface area contributed by atoms with E-state index in [9.17, 15) is 9.00 Å². The summed E-state index contributed by atoms with van der Waals surface area (Å²) in [5.41, 5.74) is 4.84. The highest BCUT2D eigenvalue weighted by Gasteiger charge is 2.16. The molecule has 0 aliphatic heterocycles. The maximum absolute atomic E-state index is 12.2. The molecule has 0 bridgehead atoms. The van der Waals surface area contributed by atoms with Crippen LogP contribution in [0.5, 0.6) is 5.75 Å². The molecule has 7 nitrogen and oxygen atoms in total. The Hall–Kier alpha value is -3.52. The van der Waals surface area contributed by atoms with Crippen molar-refractivity contribution in [1.82, 2.24) is 19.7 Å². The molecule has 0 saturated carbocycles. The first kappa shape index (κ1) is 19.8. The summed E-state index contributed by atoms with van der Waals surface area (Å²) in [5.74, 6) is 0.297. The normalized spacial score (nSPS) is 11.9. The molecule has 4 aromatic rings. The van der Waals surface area contributed by atoms with Crippen LogP contribution in [0.4, 0.5) is 0 Å². The Morgan fingerprint density at radius 2 is 2.07 bits per heavy atom. The summed E-state index contributed by atoms with van der Waals surface area (Å²) in [4.78, 5) is 24.4. The van der Waals surface area contributed by atoms with Crippen LogP contribution in [0.3, 0.4) is 0 Å². The van der Waals surface area contributed by atoms with Gasteiger partial charge in [0.15, 0.2) is 0 Å². The standard InChI is InChI=1S/C22H20N4O3S/c1-29-16-8-9-17-18(21(25-20(17)12-16)14-5-4-10-23-13-14)11-15-6-3-7-19(24-15)22(27)26-30(2)28/h3-10,12-13,25H,11H2,1-2H3,(H,26,27). The molecule has 30 heavy (non-hydrogen) atoms. The van der Waals surface area contributed by atoms with Crippen molar-refractivity contribution in [3.05, 3.63) is 77.9 Å². The predicted molar refractivity (Wildman–Crippen MR) is 117 cm³/mol. The van der Waals surface area contributed by atoms with E-state index in [-0.39, 0.29) is 5.69 Å². The zero-order chi connectivity index (χ0) is 21.1. The van der Waals surface area contributed by atoms with Gasteiger partial charge < -0.3 is 9.72 Å². The van der Waals surface area contributed by atoms with Gasteiger partial charge in [-0.1, -0.05) is 6.07 Å². The van der Waals surface area contributed by atoms with E-state index in [1.54, 1.807) is 31.6 Å². The fraction of sp³-hybridized carbons (Fsp3) is 0.136. The number of fused-ring (bicyclic) bond motifs is 1. The van der Waals surface area contributed by atoms with Gasteiger partial charge in [0.1, 0.15) is 22.4 Å². The van der Waals surface area contributed by atoms with Gasteiger partial charge in [-0.25, -0.2) is 9.19 Å². The average molecular weight is 420 g/mol. The number of aromatic amines is 1. The van der Waals surface area contributed by atoms with Crippen LogP contribution >= 0.6 is 0 Å². The number of nitrogens with one attached hydrogen (secondary N) is 2. The Bertz CT molecular complexity index is 1240. The number of carbonyl (C=O) groups excluding carboxylic acids is 1. The number of methoxy groups -OCH3 is 1. The van der Waals surface area contributed by atoms with Crippen LogP contribution in [0.2, 0.25) is 0 Å². The van der Waals surface area contributed by atoms with Gasteiger partial charge in [0.25, 0.3) is 5.91 Å². The monoisotopic (exact) mass is 420 g/mol. The SMILES string of the molecule is COc1ccc2c(Cc3cccc(C(=O)NS(C)=O)n3)c(-c3cccnc3)[nH]c2c1. The zero-order valence-electron chi connectivity index (χ0n) is 16.5. The highest BCUT2D eigenvalue weighted by atomic mass is 32.2. The van der Waals surface area contributed by atoms with Gasteiger partial charge in [0.2, 0.25) is 0 Å². The van der Waals surface area contributed by atoms with E-state index in [1.807, 2.05) is 36.4 Å². The van der Waals surface area contributed by atoms with E-state index in [1.165, 1.54) is 6.26 Å². The summed E-state index contributed by atoms with van der Waals surface area (Å²) in [5, 5.41) is 1.04. The molecule has 1 aromatic carbocycles. The van der Waals surface area contributed by atoms with Crippen molar-refractivity contribution in [2.24, 2.45) is 0 Å². The molecular weight excluding hydrogens is 400 g/mol. The van der Waals surface area contributed by atoms with Crippen LogP contribution in [0, 0.1) is 0 Å². The predicted octanol–water partition coefficient (Wildman–Crippen LogP) is 3.25. The molecule has 1 atom stereocenters.